The van der Waals surface area contributed by atoms with Crippen LogP contribution in [0.15, 0.2) is 29.9 Å². The molecule has 0 fully saturated rings. The Morgan fingerprint density at radius 3 is 3.06 bits per heavy atom. The minimum atomic E-state index is -0.258. The van der Waals surface area contributed by atoms with Gasteiger partial charge in [0.25, 0.3) is 5.91 Å². The van der Waals surface area contributed by atoms with Gasteiger partial charge in [0.15, 0.2) is 0 Å². The van der Waals surface area contributed by atoms with Crippen LogP contribution in [0.5, 0.6) is 5.75 Å². The van der Waals surface area contributed by atoms with Crippen LogP contribution in [0.3, 0.4) is 0 Å². The summed E-state index contributed by atoms with van der Waals surface area (Å²) in [4.78, 5) is 16.3. The molecular formula is C11H9ClN2O2S. The van der Waals surface area contributed by atoms with Crippen molar-refractivity contribution in [2.45, 2.75) is 0 Å². The molecule has 0 aliphatic heterocycles. The predicted molar refractivity (Wildman–Crippen MR) is 68.1 cm³/mol. The molecule has 2 aromatic rings. The number of nitrogens with zero attached hydrogens (tertiary/aromatic N) is 1. The first-order valence-corrected chi connectivity index (χ1v) is 6.00. The van der Waals surface area contributed by atoms with Crippen LogP contribution in [0.25, 0.3) is 0 Å². The third-order valence-electron chi connectivity index (χ3n) is 2.07. The van der Waals surface area contributed by atoms with Crippen molar-refractivity contribution in [3.05, 3.63) is 39.8 Å². The third kappa shape index (κ3) is 2.57. The SMILES string of the molecule is COc1ccsc1C(=O)Nc1cnccc1Cl. The van der Waals surface area contributed by atoms with Crippen molar-refractivity contribution in [3.63, 3.8) is 0 Å². The van der Waals surface area contributed by atoms with Crippen LogP contribution in [0, 0.1) is 0 Å². The minimum Gasteiger partial charge on any atom is -0.495 e. The normalized spacial score (nSPS) is 10.0. The Labute approximate surface area is 107 Å². The molecule has 6 heteroatoms. The smallest absolute Gasteiger partial charge is 0.269 e. The molecule has 1 amide bonds. The van der Waals surface area contributed by atoms with Gasteiger partial charge in [-0.05, 0) is 17.5 Å². The van der Waals surface area contributed by atoms with Crippen LogP contribution in [-0.2, 0) is 0 Å². The van der Waals surface area contributed by atoms with Gasteiger partial charge in [-0.25, -0.2) is 0 Å². The van der Waals surface area contributed by atoms with Gasteiger partial charge in [-0.2, -0.15) is 0 Å². The van der Waals surface area contributed by atoms with E-state index in [1.807, 2.05) is 0 Å². The van der Waals surface area contributed by atoms with Crippen molar-refractivity contribution in [2.75, 3.05) is 12.4 Å². The van der Waals surface area contributed by atoms with Gasteiger partial charge in [0.1, 0.15) is 10.6 Å². The molecule has 0 unspecified atom stereocenters. The van der Waals surface area contributed by atoms with E-state index in [1.54, 1.807) is 23.7 Å². The van der Waals surface area contributed by atoms with E-state index in [9.17, 15) is 4.79 Å². The fourth-order valence-electron chi connectivity index (χ4n) is 1.27. The number of thiophene rings is 1. The van der Waals surface area contributed by atoms with E-state index in [0.29, 0.717) is 21.3 Å². The molecule has 2 aromatic heterocycles. The Bertz CT molecular complexity index is 542. The molecule has 88 valence electrons. The molecule has 0 spiro atoms. The van der Waals surface area contributed by atoms with E-state index in [4.69, 9.17) is 16.3 Å². The molecule has 0 aliphatic rings. The van der Waals surface area contributed by atoms with Crippen LogP contribution in [0.2, 0.25) is 5.02 Å². The summed E-state index contributed by atoms with van der Waals surface area (Å²) < 4.78 is 5.08. The molecular weight excluding hydrogens is 260 g/mol. The molecule has 0 saturated carbocycles. The lowest BCUT2D eigenvalue weighted by atomic mass is 10.3. The largest absolute Gasteiger partial charge is 0.495 e. The molecule has 0 atom stereocenters. The first-order valence-electron chi connectivity index (χ1n) is 4.74. The fraction of sp³-hybridized carbons (Fsp3) is 0.0909. The Balaban J connectivity index is 2.20. The van der Waals surface area contributed by atoms with Gasteiger partial charge in [-0.15, -0.1) is 11.3 Å². The lowest BCUT2D eigenvalue weighted by Gasteiger charge is -2.06. The number of aromatic nitrogens is 1. The summed E-state index contributed by atoms with van der Waals surface area (Å²) in [5.41, 5.74) is 0.481. The standard InChI is InChI=1S/C11H9ClN2O2S/c1-16-9-3-5-17-10(9)11(15)14-8-6-13-4-2-7(8)12/h2-6H,1H3,(H,14,15). The molecule has 0 aromatic carbocycles. The number of hydrogen-bond acceptors (Lipinski definition) is 4. The average Bonchev–Trinajstić information content (AvgIpc) is 2.80. The number of amides is 1. The summed E-state index contributed by atoms with van der Waals surface area (Å²) in [7, 11) is 1.52. The summed E-state index contributed by atoms with van der Waals surface area (Å²) in [5.74, 6) is 0.291. The number of nitrogens with one attached hydrogen (secondary N) is 1. The predicted octanol–water partition coefficient (Wildman–Crippen LogP) is 3.06. The first kappa shape index (κ1) is 11.9. The number of rotatable bonds is 3. The van der Waals surface area contributed by atoms with Crippen LogP contribution in [0.4, 0.5) is 5.69 Å². The molecule has 0 radical (unpaired) electrons. The minimum absolute atomic E-state index is 0.258. The number of ether oxygens (including phenoxy) is 1. The Morgan fingerprint density at radius 1 is 1.53 bits per heavy atom. The van der Waals surface area contributed by atoms with Crippen molar-refractivity contribution in [2.24, 2.45) is 0 Å². The summed E-state index contributed by atoms with van der Waals surface area (Å²) in [5, 5.41) is 4.92. The highest BCUT2D eigenvalue weighted by Crippen LogP contribution is 2.26. The van der Waals surface area contributed by atoms with Gasteiger partial charge < -0.3 is 10.1 Å². The van der Waals surface area contributed by atoms with Crippen LogP contribution in [-0.4, -0.2) is 18.0 Å². The number of carbonyl (C=O) groups excluding carboxylic acids is 1. The Morgan fingerprint density at radius 2 is 2.35 bits per heavy atom. The lowest BCUT2D eigenvalue weighted by Crippen LogP contribution is -2.11. The molecule has 0 bridgehead atoms. The molecule has 0 aliphatic carbocycles. The highest BCUT2D eigenvalue weighted by molar-refractivity contribution is 7.12. The Hall–Kier alpha value is -1.59. The van der Waals surface area contributed by atoms with Gasteiger partial charge in [0, 0.05) is 6.20 Å². The van der Waals surface area contributed by atoms with Gasteiger partial charge in [-0.3, -0.25) is 9.78 Å². The zero-order valence-corrected chi connectivity index (χ0v) is 10.5. The van der Waals surface area contributed by atoms with Crippen molar-refractivity contribution in [1.29, 1.82) is 0 Å². The third-order valence-corrected chi connectivity index (χ3v) is 3.30. The lowest BCUT2D eigenvalue weighted by molar-refractivity contribution is 0.102. The maximum absolute atomic E-state index is 11.9. The number of carbonyl (C=O) groups is 1. The van der Waals surface area contributed by atoms with Gasteiger partial charge in [0.05, 0.1) is 24.0 Å². The summed E-state index contributed by atoms with van der Waals surface area (Å²) in [6.45, 7) is 0. The second-order valence-electron chi connectivity index (χ2n) is 3.13. The average molecular weight is 269 g/mol. The fourth-order valence-corrected chi connectivity index (χ4v) is 2.18. The topological polar surface area (TPSA) is 51.2 Å². The molecule has 0 saturated heterocycles. The number of anilines is 1. The van der Waals surface area contributed by atoms with E-state index >= 15 is 0 Å². The van der Waals surface area contributed by atoms with Gasteiger partial charge in [0.2, 0.25) is 0 Å². The van der Waals surface area contributed by atoms with Crippen molar-refractivity contribution in [1.82, 2.24) is 4.98 Å². The van der Waals surface area contributed by atoms with E-state index in [1.165, 1.54) is 24.6 Å². The van der Waals surface area contributed by atoms with Crippen LogP contribution < -0.4 is 10.1 Å². The second-order valence-corrected chi connectivity index (χ2v) is 4.45. The number of hydrogen-bond donors (Lipinski definition) is 1. The highest BCUT2D eigenvalue weighted by Gasteiger charge is 2.14. The number of methoxy groups -OCH3 is 1. The number of pyridine rings is 1. The van der Waals surface area contributed by atoms with Crippen LogP contribution >= 0.6 is 22.9 Å². The van der Waals surface area contributed by atoms with Crippen LogP contribution in [0.1, 0.15) is 9.67 Å². The highest BCUT2D eigenvalue weighted by atomic mass is 35.5. The van der Waals surface area contributed by atoms with Crippen molar-refractivity contribution >= 4 is 34.5 Å². The zero-order chi connectivity index (χ0) is 12.3. The Kier molecular flexibility index (Phi) is 3.61. The van der Waals surface area contributed by atoms with Crippen molar-refractivity contribution < 1.29 is 9.53 Å². The first-order chi connectivity index (χ1) is 8.22. The van der Waals surface area contributed by atoms with Crippen molar-refractivity contribution in [3.8, 4) is 5.75 Å². The monoisotopic (exact) mass is 268 g/mol. The summed E-state index contributed by atoms with van der Waals surface area (Å²) in [6.07, 6.45) is 3.06. The van der Waals surface area contributed by atoms with E-state index in [0.717, 1.165) is 0 Å². The van der Waals surface area contributed by atoms with E-state index in [-0.39, 0.29) is 5.91 Å². The van der Waals surface area contributed by atoms with E-state index < -0.39 is 0 Å². The summed E-state index contributed by atoms with van der Waals surface area (Å²) >= 11 is 7.23. The van der Waals surface area contributed by atoms with E-state index in [2.05, 4.69) is 10.3 Å². The molecule has 1 N–H and O–H groups in total. The summed E-state index contributed by atoms with van der Waals surface area (Å²) in [6, 6.07) is 3.35. The quantitative estimate of drug-likeness (QED) is 0.931. The molecule has 2 rings (SSSR count). The van der Waals surface area contributed by atoms with Gasteiger partial charge in [-0.1, -0.05) is 11.6 Å². The molecule has 17 heavy (non-hydrogen) atoms. The second kappa shape index (κ2) is 5.16. The van der Waals surface area contributed by atoms with Gasteiger partial charge >= 0.3 is 0 Å². The maximum atomic E-state index is 11.9. The number of halogens is 1. The molecule has 2 heterocycles. The molecule has 4 nitrogen and oxygen atoms in total. The zero-order valence-electron chi connectivity index (χ0n) is 8.94. The maximum Gasteiger partial charge on any atom is 0.269 e.